The van der Waals surface area contributed by atoms with Crippen molar-refractivity contribution < 1.29 is 4.39 Å². The lowest BCUT2D eigenvalue weighted by Gasteiger charge is -2.27. The molecule has 19 heavy (non-hydrogen) atoms. The maximum absolute atomic E-state index is 13.9. The van der Waals surface area contributed by atoms with Gasteiger partial charge in [-0.25, -0.2) is 4.39 Å². The quantitative estimate of drug-likeness (QED) is 0.611. The van der Waals surface area contributed by atoms with Crippen LogP contribution in [0.4, 0.5) is 10.1 Å². The van der Waals surface area contributed by atoms with E-state index in [1.54, 1.807) is 6.07 Å². The Balaban J connectivity index is 1.90. The van der Waals surface area contributed by atoms with Gasteiger partial charge in [0.15, 0.2) is 0 Å². The third-order valence-corrected chi connectivity index (χ3v) is 3.95. The SMILES string of the molecule is N=C(N)c1c(F)cccc1N(CC1CC1)CC1CC1. The summed E-state index contributed by atoms with van der Waals surface area (Å²) >= 11 is 0. The summed E-state index contributed by atoms with van der Waals surface area (Å²) in [4.78, 5) is 2.25. The molecular formula is C15H20FN3. The maximum Gasteiger partial charge on any atom is 0.136 e. The Morgan fingerprint density at radius 2 is 1.79 bits per heavy atom. The minimum Gasteiger partial charge on any atom is -0.384 e. The van der Waals surface area contributed by atoms with Gasteiger partial charge in [-0.2, -0.15) is 0 Å². The van der Waals surface area contributed by atoms with Crippen LogP contribution in [0.25, 0.3) is 0 Å². The number of hydrogen-bond donors (Lipinski definition) is 2. The molecule has 0 saturated heterocycles. The van der Waals surface area contributed by atoms with Crippen molar-refractivity contribution in [3.63, 3.8) is 0 Å². The van der Waals surface area contributed by atoms with Crippen LogP contribution in [0, 0.1) is 23.1 Å². The number of nitrogens with two attached hydrogens (primary N) is 1. The zero-order chi connectivity index (χ0) is 13.4. The van der Waals surface area contributed by atoms with E-state index in [4.69, 9.17) is 11.1 Å². The van der Waals surface area contributed by atoms with E-state index in [2.05, 4.69) is 4.90 Å². The van der Waals surface area contributed by atoms with Crippen molar-refractivity contribution in [2.75, 3.05) is 18.0 Å². The number of rotatable bonds is 6. The summed E-state index contributed by atoms with van der Waals surface area (Å²) in [6.07, 6.45) is 5.08. The number of hydrogen-bond acceptors (Lipinski definition) is 2. The summed E-state index contributed by atoms with van der Waals surface area (Å²) in [5.74, 6) is 0.912. The molecule has 0 bridgehead atoms. The van der Waals surface area contributed by atoms with Crippen molar-refractivity contribution in [1.29, 1.82) is 5.41 Å². The summed E-state index contributed by atoms with van der Waals surface area (Å²) in [5.41, 5.74) is 6.63. The predicted molar refractivity (Wildman–Crippen MR) is 75.1 cm³/mol. The zero-order valence-electron chi connectivity index (χ0n) is 11.0. The Bertz CT molecular complexity index is 478. The van der Waals surface area contributed by atoms with Crippen molar-refractivity contribution >= 4 is 11.5 Å². The fourth-order valence-electron chi connectivity index (χ4n) is 2.54. The lowest BCUT2D eigenvalue weighted by atomic mass is 10.1. The molecule has 4 heteroatoms. The van der Waals surface area contributed by atoms with Crippen molar-refractivity contribution in [2.45, 2.75) is 25.7 Å². The summed E-state index contributed by atoms with van der Waals surface area (Å²) in [6.45, 7) is 1.94. The van der Waals surface area contributed by atoms with Crippen LogP contribution >= 0.6 is 0 Å². The molecule has 0 amide bonds. The molecular weight excluding hydrogens is 241 g/mol. The minimum atomic E-state index is -0.387. The van der Waals surface area contributed by atoms with E-state index < -0.39 is 0 Å². The Morgan fingerprint density at radius 1 is 1.21 bits per heavy atom. The Kier molecular flexibility index (Phi) is 3.17. The molecule has 0 heterocycles. The lowest BCUT2D eigenvalue weighted by molar-refractivity contribution is 0.619. The average Bonchev–Trinajstić information content (AvgIpc) is 3.22. The first-order chi connectivity index (χ1) is 9.15. The van der Waals surface area contributed by atoms with Crippen LogP contribution in [0.3, 0.4) is 0 Å². The first kappa shape index (κ1) is 12.5. The zero-order valence-corrected chi connectivity index (χ0v) is 11.0. The van der Waals surface area contributed by atoms with E-state index in [9.17, 15) is 4.39 Å². The van der Waals surface area contributed by atoms with Crippen LogP contribution in [0.1, 0.15) is 31.2 Å². The number of nitrogen functional groups attached to an aromatic ring is 1. The van der Waals surface area contributed by atoms with Gasteiger partial charge in [-0.15, -0.1) is 0 Å². The Hall–Kier alpha value is -1.58. The number of halogens is 1. The minimum absolute atomic E-state index is 0.176. The standard InChI is InChI=1S/C15H20FN3/c16-12-2-1-3-13(14(12)15(17)18)19(8-10-4-5-10)9-11-6-7-11/h1-3,10-11H,4-9H2,(H3,17,18). The second-order valence-electron chi connectivity index (χ2n) is 5.84. The number of benzene rings is 1. The Morgan fingerprint density at radius 3 is 2.26 bits per heavy atom. The normalized spacial score (nSPS) is 18.4. The second-order valence-corrected chi connectivity index (χ2v) is 5.84. The van der Waals surface area contributed by atoms with Gasteiger partial charge in [0.25, 0.3) is 0 Å². The average molecular weight is 261 g/mol. The number of anilines is 1. The molecule has 2 aliphatic rings. The molecule has 1 aromatic rings. The van der Waals surface area contributed by atoms with Crippen LogP contribution < -0.4 is 10.6 Å². The molecule has 1 aromatic carbocycles. The molecule has 2 aliphatic carbocycles. The smallest absolute Gasteiger partial charge is 0.136 e. The van der Waals surface area contributed by atoms with E-state index in [1.807, 2.05) is 6.07 Å². The fraction of sp³-hybridized carbons (Fsp3) is 0.533. The predicted octanol–water partition coefficient (Wildman–Crippen LogP) is 2.74. The summed E-state index contributed by atoms with van der Waals surface area (Å²) in [5, 5.41) is 7.62. The molecule has 102 valence electrons. The van der Waals surface area contributed by atoms with Crippen LogP contribution in [0.5, 0.6) is 0 Å². The molecule has 2 fully saturated rings. The van der Waals surface area contributed by atoms with Crippen LogP contribution in [0.15, 0.2) is 18.2 Å². The van der Waals surface area contributed by atoms with Gasteiger partial charge in [0, 0.05) is 13.1 Å². The lowest BCUT2D eigenvalue weighted by Crippen LogP contribution is -2.31. The van der Waals surface area contributed by atoms with Gasteiger partial charge < -0.3 is 10.6 Å². The second kappa shape index (κ2) is 4.83. The summed E-state index contributed by atoms with van der Waals surface area (Å²) in [6, 6.07) is 4.99. The highest BCUT2D eigenvalue weighted by Crippen LogP contribution is 2.37. The first-order valence-electron chi connectivity index (χ1n) is 7.03. The largest absolute Gasteiger partial charge is 0.384 e. The topological polar surface area (TPSA) is 53.1 Å². The highest BCUT2D eigenvalue weighted by molar-refractivity contribution is 6.00. The molecule has 3 nitrogen and oxygen atoms in total. The van der Waals surface area contributed by atoms with Gasteiger partial charge in [-0.3, -0.25) is 5.41 Å². The van der Waals surface area contributed by atoms with E-state index in [1.165, 1.54) is 31.7 Å². The van der Waals surface area contributed by atoms with Crippen molar-refractivity contribution in [3.8, 4) is 0 Å². The van der Waals surface area contributed by atoms with E-state index in [0.717, 1.165) is 30.6 Å². The molecule has 0 spiro atoms. The maximum atomic E-state index is 13.9. The molecule has 0 atom stereocenters. The van der Waals surface area contributed by atoms with E-state index in [0.29, 0.717) is 0 Å². The van der Waals surface area contributed by atoms with Crippen LogP contribution in [0.2, 0.25) is 0 Å². The number of nitrogens with zero attached hydrogens (tertiary/aromatic N) is 1. The highest BCUT2D eigenvalue weighted by Gasteiger charge is 2.30. The third kappa shape index (κ3) is 2.88. The van der Waals surface area contributed by atoms with Crippen LogP contribution in [-0.2, 0) is 0 Å². The Labute approximate surface area is 113 Å². The monoisotopic (exact) mass is 261 g/mol. The van der Waals surface area contributed by atoms with Gasteiger partial charge in [-0.05, 0) is 49.7 Å². The number of nitrogens with one attached hydrogen (secondary N) is 1. The van der Waals surface area contributed by atoms with Gasteiger partial charge in [0.05, 0.1) is 11.3 Å². The highest BCUT2D eigenvalue weighted by atomic mass is 19.1. The molecule has 2 saturated carbocycles. The van der Waals surface area contributed by atoms with Crippen LogP contribution in [-0.4, -0.2) is 18.9 Å². The van der Waals surface area contributed by atoms with Crippen molar-refractivity contribution in [2.24, 2.45) is 17.6 Å². The van der Waals surface area contributed by atoms with Crippen molar-refractivity contribution in [3.05, 3.63) is 29.6 Å². The molecule has 0 aliphatic heterocycles. The first-order valence-corrected chi connectivity index (χ1v) is 7.03. The van der Waals surface area contributed by atoms with E-state index >= 15 is 0 Å². The molecule has 0 radical (unpaired) electrons. The van der Waals surface area contributed by atoms with E-state index in [-0.39, 0.29) is 17.2 Å². The molecule has 0 unspecified atom stereocenters. The molecule has 0 aromatic heterocycles. The molecule has 3 rings (SSSR count). The summed E-state index contributed by atoms with van der Waals surface area (Å²) < 4.78 is 13.9. The summed E-state index contributed by atoms with van der Waals surface area (Å²) in [7, 11) is 0. The number of amidine groups is 1. The molecule has 3 N–H and O–H groups in total. The van der Waals surface area contributed by atoms with Gasteiger partial charge in [0.1, 0.15) is 11.7 Å². The van der Waals surface area contributed by atoms with Gasteiger partial charge in [-0.1, -0.05) is 6.07 Å². The van der Waals surface area contributed by atoms with Gasteiger partial charge >= 0.3 is 0 Å². The fourth-order valence-corrected chi connectivity index (χ4v) is 2.54. The van der Waals surface area contributed by atoms with Crippen molar-refractivity contribution in [1.82, 2.24) is 0 Å². The third-order valence-electron chi connectivity index (χ3n) is 3.95. The van der Waals surface area contributed by atoms with Gasteiger partial charge in [0.2, 0.25) is 0 Å².